The molecule has 1 amide bonds. The van der Waals surface area contributed by atoms with E-state index in [-0.39, 0.29) is 36.4 Å². The summed E-state index contributed by atoms with van der Waals surface area (Å²) in [7, 11) is 1.58. The van der Waals surface area contributed by atoms with Gasteiger partial charge in [-0.05, 0) is 49.3 Å². The highest BCUT2D eigenvalue weighted by Gasteiger charge is 2.66. The zero-order chi connectivity index (χ0) is 28.8. The van der Waals surface area contributed by atoms with Gasteiger partial charge in [0.2, 0.25) is 11.8 Å². The first-order valence-electron chi connectivity index (χ1n) is 13.2. The van der Waals surface area contributed by atoms with Crippen LogP contribution in [0.4, 0.5) is 23.4 Å². The van der Waals surface area contributed by atoms with Gasteiger partial charge >= 0.3 is 6.18 Å². The number of hydrogen-bond acceptors (Lipinski definition) is 7. The smallest absolute Gasteiger partial charge is 0.401 e. The van der Waals surface area contributed by atoms with Gasteiger partial charge in [-0.15, -0.1) is 5.10 Å². The minimum absolute atomic E-state index is 0.0921. The van der Waals surface area contributed by atoms with Crippen LogP contribution in [0.5, 0.6) is 5.88 Å². The Balaban J connectivity index is 1.08. The molecule has 0 radical (unpaired) electrons. The molecule has 0 bridgehead atoms. The van der Waals surface area contributed by atoms with Gasteiger partial charge in [0.1, 0.15) is 17.1 Å². The Morgan fingerprint density at radius 1 is 1.15 bits per heavy atom. The number of alkyl halides is 3. The predicted molar refractivity (Wildman–Crippen MR) is 138 cm³/mol. The fourth-order valence-corrected chi connectivity index (χ4v) is 4.89. The van der Waals surface area contributed by atoms with E-state index in [2.05, 4.69) is 25.5 Å². The fourth-order valence-electron chi connectivity index (χ4n) is 4.89. The number of hydrogen-bond donors (Lipinski definition) is 1. The molecule has 0 unspecified atom stereocenters. The summed E-state index contributed by atoms with van der Waals surface area (Å²) in [5, 5.41) is 10.4. The third-order valence-corrected chi connectivity index (χ3v) is 7.74. The Labute approximate surface area is 231 Å². The van der Waals surface area contributed by atoms with E-state index >= 15 is 0 Å². The molecule has 3 aromatic heterocycles. The topological polar surface area (TPSA) is 108 Å². The van der Waals surface area contributed by atoms with Crippen molar-refractivity contribution in [3.63, 3.8) is 0 Å². The molecule has 0 aliphatic heterocycles. The number of methoxy groups -OCH3 is 1. The molecule has 0 atom stereocenters. The molecule has 0 spiro atoms. The third kappa shape index (κ3) is 5.27. The number of halogens is 4. The van der Waals surface area contributed by atoms with Crippen molar-refractivity contribution in [2.45, 2.75) is 62.6 Å². The molecule has 6 rings (SSSR count). The van der Waals surface area contributed by atoms with Crippen LogP contribution in [0.25, 0.3) is 11.1 Å². The Bertz CT molecular complexity index is 1570. The second-order valence-corrected chi connectivity index (χ2v) is 10.5. The van der Waals surface area contributed by atoms with Crippen LogP contribution < -0.4 is 10.1 Å². The van der Waals surface area contributed by atoms with Crippen LogP contribution in [0.2, 0.25) is 0 Å². The van der Waals surface area contributed by atoms with Crippen LogP contribution >= 0.6 is 0 Å². The van der Waals surface area contributed by atoms with Gasteiger partial charge in [-0.25, -0.2) is 14.4 Å². The van der Waals surface area contributed by atoms with Crippen LogP contribution in [0.15, 0.2) is 47.4 Å². The van der Waals surface area contributed by atoms with E-state index in [1.807, 2.05) is 10.9 Å². The average molecular weight is 571 g/mol. The molecule has 41 heavy (non-hydrogen) atoms. The number of carbonyl (C=O) groups excluding carboxylic acids is 1. The molecule has 2 fully saturated rings. The van der Waals surface area contributed by atoms with E-state index in [0.717, 1.165) is 24.5 Å². The molecule has 2 aliphatic rings. The largest absolute Gasteiger partial charge is 0.480 e. The van der Waals surface area contributed by atoms with Crippen LogP contribution in [0.1, 0.15) is 60.9 Å². The van der Waals surface area contributed by atoms with Gasteiger partial charge < -0.3 is 14.6 Å². The van der Waals surface area contributed by atoms with Crippen molar-refractivity contribution in [3.8, 4) is 17.0 Å². The normalized spacial score (nSPS) is 16.3. The number of nitrogens with one attached hydrogen (secondary N) is 1. The van der Waals surface area contributed by atoms with Gasteiger partial charge in [-0.3, -0.25) is 9.48 Å². The molecular formula is C28H26F4N6O3. The van der Waals surface area contributed by atoms with E-state index in [0.29, 0.717) is 35.3 Å². The molecule has 214 valence electrons. The van der Waals surface area contributed by atoms with Crippen LogP contribution in [0.3, 0.4) is 0 Å². The lowest BCUT2D eigenvalue weighted by Crippen LogP contribution is -2.28. The Morgan fingerprint density at radius 3 is 2.51 bits per heavy atom. The molecule has 2 saturated carbocycles. The van der Waals surface area contributed by atoms with Gasteiger partial charge in [-0.2, -0.15) is 13.2 Å². The summed E-state index contributed by atoms with van der Waals surface area (Å²) in [6.45, 7) is 0. The quantitative estimate of drug-likeness (QED) is 0.262. The monoisotopic (exact) mass is 570 g/mol. The SMILES string of the molecule is COc1nn(C2CCC2)cc1Cc1ncc(-c2ccc(CC(=O)Nc3cc(C4(C(F)(F)F)CC4)on3)c(F)c2)cn1. The number of anilines is 1. The minimum Gasteiger partial charge on any atom is -0.480 e. The number of benzene rings is 1. The lowest BCUT2D eigenvalue weighted by molar-refractivity contribution is -0.165. The van der Waals surface area contributed by atoms with Gasteiger partial charge in [0, 0.05) is 42.2 Å². The minimum atomic E-state index is -4.46. The number of nitrogens with zero attached hydrogens (tertiary/aromatic N) is 5. The van der Waals surface area contributed by atoms with Gasteiger partial charge in [0.05, 0.1) is 19.6 Å². The maximum absolute atomic E-state index is 14.9. The number of ether oxygens (including phenoxy) is 1. The molecular weight excluding hydrogens is 544 g/mol. The van der Waals surface area contributed by atoms with E-state index < -0.39 is 23.3 Å². The Hall–Kier alpha value is -4.29. The fraction of sp³-hybridized carbons (Fsp3) is 0.393. The number of rotatable bonds is 9. The highest BCUT2D eigenvalue weighted by Crippen LogP contribution is 2.59. The Kier molecular flexibility index (Phi) is 6.74. The van der Waals surface area contributed by atoms with Gasteiger partial charge in [0.25, 0.3) is 0 Å². The van der Waals surface area contributed by atoms with E-state index in [9.17, 15) is 22.4 Å². The first-order chi connectivity index (χ1) is 19.6. The maximum atomic E-state index is 14.9. The summed E-state index contributed by atoms with van der Waals surface area (Å²) in [6, 6.07) is 5.86. The van der Waals surface area contributed by atoms with Crippen molar-refractivity contribution in [2.24, 2.45) is 0 Å². The molecule has 3 heterocycles. The van der Waals surface area contributed by atoms with E-state index in [1.165, 1.54) is 18.6 Å². The molecule has 4 aromatic rings. The lowest BCUT2D eigenvalue weighted by Gasteiger charge is -2.25. The van der Waals surface area contributed by atoms with Crippen molar-refractivity contribution >= 4 is 11.7 Å². The highest BCUT2D eigenvalue weighted by atomic mass is 19.4. The summed E-state index contributed by atoms with van der Waals surface area (Å²) in [4.78, 5) is 21.3. The average Bonchev–Trinajstić information content (AvgIpc) is 3.46. The van der Waals surface area contributed by atoms with Crippen LogP contribution in [-0.2, 0) is 23.1 Å². The number of aromatic nitrogens is 5. The second-order valence-electron chi connectivity index (χ2n) is 10.5. The third-order valence-electron chi connectivity index (χ3n) is 7.74. The summed E-state index contributed by atoms with van der Waals surface area (Å²) < 4.78 is 66.9. The first-order valence-corrected chi connectivity index (χ1v) is 13.2. The van der Waals surface area contributed by atoms with Crippen molar-refractivity contribution in [1.82, 2.24) is 24.9 Å². The Morgan fingerprint density at radius 2 is 1.90 bits per heavy atom. The van der Waals surface area contributed by atoms with Crippen molar-refractivity contribution in [2.75, 3.05) is 12.4 Å². The molecule has 1 aromatic carbocycles. The van der Waals surface area contributed by atoms with Gasteiger partial charge in [0.15, 0.2) is 11.6 Å². The first kappa shape index (κ1) is 26.9. The molecule has 1 N–H and O–H groups in total. The van der Waals surface area contributed by atoms with Crippen LogP contribution in [-0.4, -0.2) is 44.1 Å². The van der Waals surface area contributed by atoms with Crippen molar-refractivity contribution in [3.05, 3.63) is 71.4 Å². The molecule has 2 aliphatic carbocycles. The zero-order valence-electron chi connectivity index (χ0n) is 22.0. The standard InChI is InChI=1S/C28H26F4N6O3/c1-40-26-18(15-38(36-26)20-3-2-4-20)10-23-33-13-19(14-34-23)16-5-6-17(21(29)9-16)11-25(39)35-24-12-22(41-37-24)27(7-8-27)28(30,31)32/h5-6,9,12-15,20H,2-4,7-8,10-11H2,1H3,(H,35,37,39). The maximum Gasteiger partial charge on any atom is 0.401 e. The molecule has 0 saturated heterocycles. The number of amides is 1. The molecule has 9 nitrogen and oxygen atoms in total. The second kappa shape index (κ2) is 10.3. The van der Waals surface area contributed by atoms with Crippen LogP contribution in [0, 0.1) is 5.82 Å². The number of carbonyl (C=O) groups is 1. The highest BCUT2D eigenvalue weighted by molar-refractivity contribution is 5.91. The van der Waals surface area contributed by atoms with Gasteiger partial charge in [-0.1, -0.05) is 17.3 Å². The predicted octanol–water partition coefficient (Wildman–Crippen LogP) is 5.57. The van der Waals surface area contributed by atoms with E-state index in [1.54, 1.807) is 25.6 Å². The summed E-state index contributed by atoms with van der Waals surface area (Å²) in [5.41, 5.74) is 0.0663. The summed E-state index contributed by atoms with van der Waals surface area (Å²) >= 11 is 0. The van der Waals surface area contributed by atoms with E-state index in [4.69, 9.17) is 9.26 Å². The summed E-state index contributed by atoms with van der Waals surface area (Å²) in [6.07, 6.45) is 4.01. The van der Waals surface area contributed by atoms with Crippen molar-refractivity contribution < 1.29 is 31.6 Å². The molecule has 13 heteroatoms. The zero-order valence-corrected chi connectivity index (χ0v) is 22.0. The summed E-state index contributed by atoms with van der Waals surface area (Å²) in [5.74, 6) is -0.646. The lowest BCUT2D eigenvalue weighted by atomic mass is 9.93. The van der Waals surface area contributed by atoms with Crippen molar-refractivity contribution in [1.29, 1.82) is 0 Å².